The summed E-state index contributed by atoms with van der Waals surface area (Å²) < 4.78 is 12.4. The van der Waals surface area contributed by atoms with Crippen LogP contribution in [0.25, 0.3) is 10.8 Å². The molecule has 3 aromatic rings. The van der Waals surface area contributed by atoms with E-state index in [0.717, 1.165) is 16.8 Å². The Labute approximate surface area is 163 Å². The summed E-state index contributed by atoms with van der Waals surface area (Å²) >= 11 is 0. The Balaban J connectivity index is 1.75. The molecule has 28 heavy (non-hydrogen) atoms. The molecule has 0 unspecified atom stereocenters. The fourth-order valence-corrected chi connectivity index (χ4v) is 2.98. The smallest absolute Gasteiger partial charge is 0.262 e. The standard InChI is InChI=1S/C22H24N2O4/c1-15-7-8-16(2)19(13-15)23-21(25)14-28-20-6-4-5-18-17(20)9-10-24(22(18)26)11-12-27-3/h4-10,13H,11-12,14H2,1-3H3,(H,23,25). The number of amides is 1. The van der Waals surface area contributed by atoms with Crippen molar-refractivity contribution in [2.45, 2.75) is 20.4 Å². The summed E-state index contributed by atoms with van der Waals surface area (Å²) in [6.45, 7) is 4.71. The van der Waals surface area contributed by atoms with Gasteiger partial charge in [0.15, 0.2) is 6.61 Å². The molecule has 0 aliphatic rings. The number of hydrogen-bond acceptors (Lipinski definition) is 4. The van der Waals surface area contributed by atoms with Crippen LogP contribution < -0.4 is 15.6 Å². The number of aromatic nitrogens is 1. The number of methoxy groups -OCH3 is 1. The van der Waals surface area contributed by atoms with E-state index in [1.54, 1.807) is 36.1 Å². The maximum absolute atomic E-state index is 12.6. The highest BCUT2D eigenvalue weighted by molar-refractivity contribution is 5.93. The molecule has 0 saturated carbocycles. The van der Waals surface area contributed by atoms with E-state index in [1.165, 1.54) is 0 Å². The third-order valence-electron chi connectivity index (χ3n) is 4.54. The van der Waals surface area contributed by atoms with Gasteiger partial charge in [0.2, 0.25) is 0 Å². The quantitative estimate of drug-likeness (QED) is 0.683. The molecule has 0 aliphatic carbocycles. The van der Waals surface area contributed by atoms with Gasteiger partial charge in [-0.1, -0.05) is 18.2 Å². The highest BCUT2D eigenvalue weighted by Crippen LogP contribution is 2.23. The van der Waals surface area contributed by atoms with Gasteiger partial charge in [-0.25, -0.2) is 0 Å². The molecule has 1 amide bonds. The zero-order valence-corrected chi connectivity index (χ0v) is 16.3. The van der Waals surface area contributed by atoms with Crippen molar-refractivity contribution in [3.8, 4) is 5.75 Å². The van der Waals surface area contributed by atoms with Gasteiger partial charge in [0.25, 0.3) is 11.5 Å². The van der Waals surface area contributed by atoms with Crippen LogP contribution in [0, 0.1) is 13.8 Å². The van der Waals surface area contributed by atoms with Crippen molar-refractivity contribution in [3.63, 3.8) is 0 Å². The predicted octanol–water partition coefficient (Wildman–Crippen LogP) is 3.28. The second kappa shape index (κ2) is 8.71. The molecule has 1 heterocycles. The molecular formula is C22H24N2O4. The van der Waals surface area contributed by atoms with Crippen molar-refractivity contribution in [2.24, 2.45) is 0 Å². The van der Waals surface area contributed by atoms with Crippen molar-refractivity contribution >= 4 is 22.4 Å². The van der Waals surface area contributed by atoms with Crippen molar-refractivity contribution in [3.05, 3.63) is 70.1 Å². The molecule has 0 aliphatic heterocycles. The van der Waals surface area contributed by atoms with Crippen molar-refractivity contribution < 1.29 is 14.3 Å². The molecule has 6 nitrogen and oxygen atoms in total. The van der Waals surface area contributed by atoms with Crippen LogP contribution in [0.1, 0.15) is 11.1 Å². The van der Waals surface area contributed by atoms with Crippen molar-refractivity contribution in [1.82, 2.24) is 4.57 Å². The SMILES string of the molecule is COCCn1ccc2c(OCC(=O)Nc3cc(C)ccc3C)cccc2c1=O. The van der Waals surface area contributed by atoms with E-state index in [9.17, 15) is 9.59 Å². The lowest BCUT2D eigenvalue weighted by Crippen LogP contribution is -2.22. The minimum atomic E-state index is -0.251. The monoisotopic (exact) mass is 380 g/mol. The van der Waals surface area contributed by atoms with Gasteiger partial charge in [-0.3, -0.25) is 9.59 Å². The maximum atomic E-state index is 12.6. The first-order valence-electron chi connectivity index (χ1n) is 9.10. The molecule has 6 heteroatoms. The second-order valence-electron chi connectivity index (χ2n) is 6.68. The molecule has 3 rings (SSSR count). The average molecular weight is 380 g/mol. The topological polar surface area (TPSA) is 69.6 Å². The Kier molecular flexibility index (Phi) is 6.11. The number of anilines is 1. The van der Waals surface area contributed by atoms with Gasteiger partial charge in [-0.15, -0.1) is 0 Å². The molecule has 0 bridgehead atoms. The van der Waals surface area contributed by atoms with Crippen molar-refractivity contribution in [1.29, 1.82) is 0 Å². The average Bonchev–Trinajstić information content (AvgIpc) is 2.69. The predicted molar refractivity (Wildman–Crippen MR) is 110 cm³/mol. The number of ether oxygens (including phenoxy) is 2. The van der Waals surface area contributed by atoms with Gasteiger partial charge in [0.05, 0.1) is 12.0 Å². The first-order chi connectivity index (χ1) is 13.5. The number of nitrogens with one attached hydrogen (secondary N) is 1. The van der Waals surface area contributed by atoms with Crippen molar-refractivity contribution in [2.75, 3.05) is 25.6 Å². The number of rotatable bonds is 7. The molecule has 0 fully saturated rings. The molecule has 0 saturated heterocycles. The highest BCUT2D eigenvalue weighted by atomic mass is 16.5. The molecule has 0 atom stereocenters. The van der Waals surface area contributed by atoms with Gasteiger partial charge < -0.3 is 19.4 Å². The minimum Gasteiger partial charge on any atom is -0.483 e. The number of hydrogen-bond donors (Lipinski definition) is 1. The van der Waals surface area contributed by atoms with Crippen LogP contribution in [-0.4, -0.2) is 30.8 Å². The Morgan fingerprint density at radius 3 is 2.71 bits per heavy atom. The number of fused-ring (bicyclic) bond motifs is 1. The van der Waals surface area contributed by atoms with Gasteiger partial charge in [0, 0.05) is 30.9 Å². The van der Waals surface area contributed by atoms with Gasteiger partial charge >= 0.3 is 0 Å². The van der Waals surface area contributed by atoms with E-state index in [-0.39, 0.29) is 18.1 Å². The summed E-state index contributed by atoms with van der Waals surface area (Å²) in [4.78, 5) is 24.9. The number of carbonyl (C=O) groups excluding carboxylic acids is 1. The Hall–Kier alpha value is -3.12. The van der Waals surface area contributed by atoms with Crippen LogP contribution in [0.3, 0.4) is 0 Å². The first kappa shape index (κ1) is 19.6. The third-order valence-corrected chi connectivity index (χ3v) is 4.54. The fourth-order valence-electron chi connectivity index (χ4n) is 2.98. The van der Waals surface area contributed by atoms with Gasteiger partial charge in [-0.2, -0.15) is 0 Å². The molecular weight excluding hydrogens is 356 g/mol. The van der Waals surface area contributed by atoms with Gasteiger partial charge in [-0.05, 0) is 49.2 Å². The molecule has 1 aromatic heterocycles. The van der Waals surface area contributed by atoms with Crippen LogP contribution in [0.5, 0.6) is 5.75 Å². The lowest BCUT2D eigenvalue weighted by molar-refractivity contribution is -0.118. The summed E-state index contributed by atoms with van der Waals surface area (Å²) in [6, 6.07) is 13.0. The largest absolute Gasteiger partial charge is 0.483 e. The van der Waals surface area contributed by atoms with E-state index in [1.807, 2.05) is 38.1 Å². The van der Waals surface area contributed by atoms with Crippen LogP contribution in [0.4, 0.5) is 5.69 Å². The number of pyridine rings is 1. The Morgan fingerprint density at radius 2 is 1.93 bits per heavy atom. The van der Waals surface area contributed by atoms with E-state index in [2.05, 4.69) is 5.32 Å². The Bertz CT molecular complexity index is 1060. The highest BCUT2D eigenvalue weighted by Gasteiger charge is 2.10. The minimum absolute atomic E-state index is 0.111. The lowest BCUT2D eigenvalue weighted by atomic mass is 10.1. The van der Waals surface area contributed by atoms with E-state index < -0.39 is 0 Å². The summed E-state index contributed by atoms with van der Waals surface area (Å²) in [5, 5.41) is 4.10. The number of benzene rings is 2. The normalized spacial score (nSPS) is 10.8. The van der Waals surface area contributed by atoms with Gasteiger partial charge in [0.1, 0.15) is 5.75 Å². The zero-order chi connectivity index (χ0) is 20.1. The summed E-state index contributed by atoms with van der Waals surface area (Å²) in [7, 11) is 1.60. The first-order valence-corrected chi connectivity index (χ1v) is 9.10. The Morgan fingerprint density at radius 1 is 1.11 bits per heavy atom. The number of carbonyl (C=O) groups is 1. The summed E-state index contributed by atoms with van der Waals surface area (Å²) in [5.74, 6) is 0.253. The zero-order valence-electron chi connectivity index (χ0n) is 16.3. The van der Waals surface area contributed by atoms with Crippen LogP contribution in [0.15, 0.2) is 53.5 Å². The van der Waals surface area contributed by atoms with E-state index >= 15 is 0 Å². The van der Waals surface area contributed by atoms with Crippen LogP contribution in [-0.2, 0) is 16.1 Å². The van der Waals surface area contributed by atoms with E-state index in [4.69, 9.17) is 9.47 Å². The number of aryl methyl sites for hydroxylation is 2. The molecule has 146 valence electrons. The van der Waals surface area contributed by atoms with Crippen LogP contribution in [0.2, 0.25) is 0 Å². The molecule has 2 aromatic carbocycles. The summed E-state index contributed by atoms with van der Waals surface area (Å²) in [5.41, 5.74) is 2.72. The van der Waals surface area contributed by atoms with E-state index in [0.29, 0.717) is 29.7 Å². The van der Waals surface area contributed by atoms with Crippen LogP contribution >= 0.6 is 0 Å². The third kappa shape index (κ3) is 4.40. The number of nitrogens with zero attached hydrogens (tertiary/aromatic N) is 1. The lowest BCUT2D eigenvalue weighted by Gasteiger charge is -2.12. The maximum Gasteiger partial charge on any atom is 0.262 e. The molecule has 0 radical (unpaired) electrons. The summed E-state index contributed by atoms with van der Waals surface area (Å²) in [6.07, 6.45) is 1.72. The second-order valence-corrected chi connectivity index (χ2v) is 6.68. The molecule has 0 spiro atoms. The molecule has 1 N–H and O–H groups in total. The fraction of sp³-hybridized carbons (Fsp3) is 0.273.